The number of benzene rings is 1. The normalized spacial score (nSPS) is 12.9. The molecule has 2 rings (SSSR count). The molecule has 1 unspecified atom stereocenters. The minimum atomic E-state index is -0.552. The molecule has 0 saturated heterocycles. The Morgan fingerprint density at radius 2 is 1.76 bits per heavy atom. The Labute approximate surface area is 142 Å². The predicted octanol–water partition coefficient (Wildman–Crippen LogP) is 5.05. The highest BCUT2D eigenvalue weighted by Gasteiger charge is 2.14. The molecule has 5 heteroatoms. The van der Waals surface area contributed by atoms with Gasteiger partial charge >= 0.3 is 0 Å². The first-order chi connectivity index (χ1) is 10.0. The molecule has 1 aromatic heterocycles. The van der Waals surface area contributed by atoms with Crippen molar-refractivity contribution in [2.45, 2.75) is 45.3 Å². The molecule has 1 atom stereocenters. The van der Waals surface area contributed by atoms with Crippen LogP contribution >= 0.6 is 31.9 Å². The van der Waals surface area contributed by atoms with Gasteiger partial charge in [-0.25, -0.2) is 0 Å². The Morgan fingerprint density at radius 3 is 2.33 bits per heavy atom. The number of aromatic nitrogens is 2. The summed E-state index contributed by atoms with van der Waals surface area (Å²) in [6.45, 7) is 4.34. The van der Waals surface area contributed by atoms with Crippen molar-refractivity contribution in [1.82, 2.24) is 9.78 Å². The minimum absolute atomic E-state index is 0.441. The second kappa shape index (κ2) is 7.56. The lowest BCUT2D eigenvalue weighted by molar-refractivity contribution is 0.176. The van der Waals surface area contributed by atoms with Crippen molar-refractivity contribution in [2.75, 3.05) is 0 Å². The number of hydrogen-bond donors (Lipinski definition) is 1. The van der Waals surface area contributed by atoms with Gasteiger partial charge in [-0.15, -0.1) is 0 Å². The molecular formula is C16H20Br2N2O. The lowest BCUT2D eigenvalue weighted by Gasteiger charge is -2.13. The summed E-state index contributed by atoms with van der Waals surface area (Å²) in [5, 5.41) is 15.0. The highest BCUT2D eigenvalue weighted by Crippen LogP contribution is 2.26. The maximum Gasteiger partial charge on any atom is 0.0846 e. The lowest BCUT2D eigenvalue weighted by Crippen LogP contribution is -2.09. The Kier molecular flexibility index (Phi) is 6.02. The van der Waals surface area contributed by atoms with E-state index in [0.717, 1.165) is 33.0 Å². The van der Waals surface area contributed by atoms with E-state index in [9.17, 15) is 5.11 Å². The van der Waals surface area contributed by atoms with E-state index in [4.69, 9.17) is 0 Å². The number of rotatable bonds is 6. The van der Waals surface area contributed by atoms with E-state index in [2.05, 4.69) is 50.8 Å². The van der Waals surface area contributed by atoms with Gasteiger partial charge in [-0.2, -0.15) is 5.10 Å². The molecule has 1 aromatic carbocycles. The smallest absolute Gasteiger partial charge is 0.0846 e. The van der Waals surface area contributed by atoms with E-state index in [1.54, 1.807) is 0 Å². The summed E-state index contributed by atoms with van der Waals surface area (Å²) >= 11 is 6.90. The van der Waals surface area contributed by atoms with Gasteiger partial charge in [0.05, 0.1) is 17.8 Å². The van der Waals surface area contributed by atoms with Crippen LogP contribution in [0.15, 0.2) is 39.4 Å². The summed E-state index contributed by atoms with van der Waals surface area (Å²) in [6.07, 6.45) is 4.12. The number of aliphatic hydroxyl groups is 1. The average molecular weight is 416 g/mol. The monoisotopic (exact) mass is 414 g/mol. The van der Waals surface area contributed by atoms with Gasteiger partial charge in [-0.3, -0.25) is 4.68 Å². The van der Waals surface area contributed by atoms with Crippen LogP contribution in [0, 0.1) is 0 Å². The molecule has 3 nitrogen and oxygen atoms in total. The molecule has 114 valence electrons. The first-order valence-corrected chi connectivity index (χ1v) is 8.80. The molecule has 0 amide bonds. The molecule has 0 bridgehead atoms. The first-order valence-electron chi connectivity index (χ1n) is 7.21. The minimum Gasteiger partial charge on any atom is -0.388 e. The van der Waals surface area contributed by atoms with Gasteiger partial charge in [0, 0.05) is 21.6 Å². The van der Waals surface area contributed by atoms with E-state index in [-0.39, 0.29) is 0 Å². The highest BCUT2D eigenvalue weighted by atomic mass is 79.9. The van der Waals surface area contributed by atoms with Crippen LogP contribution in [-0.4, -0.2) is 14.9 Å². The Bertz CT molecular complexity index is 573. The zero-order chi connectivity index (χ0) is 15.4. The molecule has 21 heavy (non-hydrogen) atoms. The standard InChI is InChI=1S/C16H20Br2N2O/c1-3-15(4-2)20-6-5-14(19-20)10-16(21)11-7-12(17)9-13(18)8-11/h5-9,15-16,21H,3-4,10H2,1-2H3. The Morgan fingerprint density at radius 1 is 1.14 bits per heavy atom. The summed E-state index contributed by atoms with van der Waals surface area (Å²) in [4.78, 5) is 0. The Hall–Kier alpha value is -0.650. The summed E-state index contributed by atoms with van der Waals surface area (Å²) in [6, 6.07) is 8.27. The molecule has 0 spiro atoms. The zero-order valence-corrected chi connectivity index (χ0v) is 15.4. The zero-order valence-electron chi connectivity index (χ0n) is 12.3. The number of halogens is 2. The molecule has 0 saturated carbocycles. The predicted molar refractivity (Wildman–Crippen MR) is 92.4 cm³/mol. The van der Waals surface area contributed by atoms with Gasteiger partial charge < -0.3 is 5.11 Å². The molecule has 0 fully saturated rings. The van der Waals surface area contributed by atoms with Gasteiger partial charge in [-0.05, 0) is 42.7 Å². The number of nitrogens with zero attached hydrogens (tertiary/aromatic N) is 2. The first kappa shape index (κ1) is 16.7. The molecule has 0 radical (unpaired) electrons. The van der Waals surface area contributed by atoms with Crippen molar-refractivity contribution in [1.29, 1.82) is 0 Å². The summed E-state index contributed by atoms with van der Waals surface area (Å²) in [5.41, 5.74) is 1.80. The maximum atomic E-state index is 10.4. The van der Waals surface area contributed by atoms with Gasteiger partial charge in [-0.1, -0.05) is 45.7 Å². The molecule has 0 aliphatic rings. The second-order valence-electron chi connectivity index (χ2n) is 5.18. The largest absolute Gasteiger partial charge is 0.388 e. The molecule has 1 N–H and O–H groups in total. The molecule has 0 aliphatic heterocycles. The second-order valence-corrected chi connectivity index (χ2v) is 7.01. The molecule has 0 aliphatic carbocycles. The Balaban J connectivity index is 2.10. The van der Waals surface area contributed by atoms with Gasteiger partial charge in [0.1, 0.15) is 0 Å². The van der Waals surface area contributed by atoms with Crippen LogP contribution in [0.1, 0.15) is 50.1 Å². The number of aliphatic hydroxyl groups excluding tert-OH is 1. The van der Waals surface area contributed by atoms with Crippen LogP contribution in [-0.2, 0) is 6.42 Å². The van der Waals surface area contributed by atoms with Crippen LogP contribution in [0.3, 0.4) is 0 Å². The van der Waals surface area contributed by atoms with Gasteiger partial charge in [0.15, 0.2) is 0 Å². The highest BCUT2D eigenvalue weighted by molar-refractivity contribution is 9.11. The quantitative estimate of drug-likeness (QED) is 0.717. The molecule has 1 heterocycles. The van der Waals surface area contributed by atoms with E-state index in [1.165, 1.54) is 0 Å². The summed E-state index contributed by atoms with van der Waals surface area (Å²) in [5.74, 6) is 0. The lowest BCUT2D eigenvalue weighted by atomic mass is 10.1. The fourth-order valence-electron chi connectivity index (χ4n) is 2.44. The van der Waals surface area contributed by atoms with Crippen LogP contribution in [0.2, 0.25) is 0 Å². The van der Waals surface area contributed by atoms with E-state index in [1.807, 2.05) is 35.1 Å². The average Bonchev–Trinajstić information content (AvgIpc) is 2.87. The maximum absolute atomic E-state index is 10.4. The summed E-state index contributed by atoms with van der Waals surface area (Å²) in [7, 11) is 0. The molecule has 2 aromatic rings. The van der Waals surface area contributed by atoms with E-state index >= 15 is 0 Å². The van der Waals surface area contributed by atoms with Crippen molar-refractivity contribution in [3.63, 3.8) is 0 Å². The van der Waals surface area contributed by atoms with Crippen molar-refractivity contribution < 1.29 is 5.11 Å². The van der Waals surface area contributed by atoms with E-state index < -0.39 is 6.10 Å². The van der Waals surface area contributed by atoms with Gasteiger partial charge in [0.25, 0.3) is 0 Å². The van der Waals surface area contributed by atoms with E-state index in [0.29, 0.717) is 12.5 Å². The van der Waals surface area contributed by atoms with Crippen molar-refractivity contribution in [3.05, 3.63) is 50.7 Å². The summed E-state index contributed by atoms with van der Waals surface area (Å²) < 4.78 is 3.92. The van der Waals surface area contributed by atoms with Crippen LogP contribution in [0.4, 0.5) is 0 Å². The SMILES string of the molecule is CCC(CC)n1ccc(CC(O)c2cc(Br)cc(Br)c2)n1. The third kappa shape index (κ3) is 4.41. The van der Waals surface area contributed by atoms with Gasteiger partial charge in [0.2, 0.25) is 0 Å². The fraction of sp³-hybridized carbons (Fsp3) is 0.438. The van der Waals surface area contributed by atoms with Crippen molar-refractivity contribution in [3.8, 4) is 0 Å². The topological polar surface area (TPSA) is 38.0 Å². The van der Waals surface area contributed by atoms with Crippen molar-refractivity contribution >= 4 is 31.9 Å². The van der Waals surface area contributed by atoms with Crippen LogP contribution < -0.4 is 0 Å². The fourth-order valence-corrected chi connectivity index (χ4v) is 3.77. The van der Waals surface area contributed by atoms with Crippen molar-refractivity contribution in [2.24, 2.45) is 0 Å². The molecular weight excluding hydrogens is 396 g/mol. The third-order valence-corrected chi connectivity index (χ3v) is 4.57. The third-order valence-electron chi connectivity index (χ3n) is 3.65. The van der Waals surface area contributed by atoms with Crippen LogP contribution in [0.25, 0.3) is 0 Å². The number of hydrogen-bond acceptors (Lipinski definition) is 2. The van der Waals surface area contributed by atoms with Crippen LogP contribution in [0.5, 0.6) is 0 Å².